The normalized spacial score (nSPS) is 14.6. The van der Waals surface area contributed by atoms with Crippen LogP contribution in [0.15, 0.2) is 12.1 Å². The Morgan fingerprint density at radius 1 is 1.25 bits per heavy atom. The molecular formula is C17H24ClN3O3. The molecule has 0 aliphatic carbocycles. The number of hydrogen-bond acceptors (Lipinski definition) is 3. The number of amides is 2. The zero-order valence-corrected chi connectivity index (χ0v) is 14.9. The summed E-state index contributed by atoms with van der Waals surface area (Å²) in [7, 11) is 0. The van der Waals surface area contributed by atoms with E-state index in [-0.39, 0.29) is 5.91 Å². The van der Waals surface area contributed by atoms with Crippen LogP contribution in [0, 0.1) is 6.92 Å². The fourth-order valence-corrected chi connectivity index (χ4v) is 3.07. The lowest BCUT2D eigenvalue weighted by Gasteiger charge is -2.36. The second-order valence-corrected chi connectivity index (χ2v) is 6.48. The molecule has 1 saturated heterocycles. The van der Waals surface area contributed by atoms with Gasteiger partial charge in [0, 0.05) is 50.4 Å². The maximum atomic E-state index is 11.0. The number of piperazine rings is 1. The number of carboxylic acid groups (broad SMARTS) is 1. The van der Waals surface area contributed by atoms with Gasteiger partial charge in [0.1, 0.15) is 0 Å². The summed E-state index contributed by atoms with van der Waals surface area (Å²) in [5.74, 6) is -0.0210. The summed E-state index contributed by atoms with van der Waals surface area (Å²) >= 11 is 6.30. The van der Waals surface area contributed by atoms with E-state index in [1.54, 1.807) is 0 Å². The predicted molar refractivity (Wildman–Crippen MR) is 95.0 cm³/mol. The minimum absolute atomic E-state index is 0.0210. The molecule has 0 bridgehead atoms. The number of nitrogens with zero attached hydrogens (tertiary/aromatic N) is 2. The van der Waals surface area contributed by atoms with E-state index in [0.29, 0.717) is 32.7 Å². The Labute approximate surface area is 147 Å². The lowest BCUT2D eigenvalue weighted by Crippen LogP contribution is -2.48. The van der Waals surface area contributed by atoms with Gasteiger partial charge in [-0.25, -0.2) is 4.79 Å². The van der Waals surface area contributed by atoms with Crippen LogP contribution in [0.4, 0.5) is 10.5 Å². The summed E-state index contributed by atoms with van der Waals surface area (Å²) in [5, 5.41) is 12.6. The maximum Gasteiger partial charge on any atom is 0.407 e. The van der Waals surface area contributed by atoms with Crippen molar-refractivity contribution < 1.29 is 14.7 Å². The van der Waals surface area contributed by atoms with Crippen LogP contribution in [0.3, 0.4) is 0 Å². The van der Waals surface area contributed by atoms with Crippen molar-refractivity contribution in [3.63, 3.8) is 0 Å². The molecule has 0 saturated carbocycles. The van der Waals surface area contributed by atoms with Crippen LogP contribution in [0.2, 0.25) is 5.02 Å². The lowest BCUT2D eigenvalue weighted by atomic mass is 10.0. The number of halogens is 1. The van der Waals surface area contributed by atoms with E-state index in [0.717, 1.165) is 29.1 Å². The Morgan fingerprint density at radius 3 is 2.50 bits per heavy atom. The molecular weight excluding hydrogens is 330 g/mol. The van der Waals surface area contributed by atoms with E-state index in [4.69, 9.17) is 16.7 Å². The highest BCUT2D eigenvalue weighted by atomic mass is 35.5. The minimum Gasteiger partial charge on any atom is -0.465 e. The predicted octanol–water partition coefficient (Wildman–Crippen LogP) is 2.52. The van der Waals surface area contributed by atoms with E-state index in [1.807, 2.05) is 13.0 Å². The van der Waals surface area contributed by atoms with E-state index in [1.165, 1.54) is 17.4 Å². The van der Waals surface area contributed by atoms with Gasteiger partial charge in [-0.3, -0.25) is 4.79 Å². The fraction of sp³-hybridized carbons (Fsp3) is 0.529. The van der Waals surface area contributed by atoms with Crippen molar-refractivity contribution in [3.8, 4) is 0 Å². The van der Waals surface area contributed by atoms with Gasteiger partial charge in [-0.1, -0.05) is 17.7 Å². The number of aryl methyl sites for hydroxylation is 2. The summed E-state index contributed by atoms with van der Waals surface area (Å²) in [6.45, 7) is 6.43. The number of hydrogen-bond donors (Lipinski definition) is 2. The van der Waals surface area contributed by atoms with Crippen molar-refractivity contribution in [1.29, 1.82) is 0 Å². The lowest BCUT2D eigenvalue weighted by molar-refractivity contribution is -0.118. The quantitative estimate of drug-likeness (QED) is 0.798. The zero-order valence-electron chi connectivity index (χ0n) is 14.1. The molecule has 0 radical (unpaired) electrons. The molecule has 0 unspecified atom stereocenters. The standard InChI is InChI=1S/C17H24ClN3O3/c1-12-10-14(4-3-5-19-13(2)22)16(11-15(12)18)20-6-8-21(9-7-20)17(23)24/h10-11H,3-9H2,1-2H3,(H,19,22)(H,23,24). The second-order valence-electron chi connectivity index (χ2n) is 6.07. The summed E-state index contributed by atoms with van der Waals surface area (Å²) in [4.78, 5) is 25.6. The first kappa shape index (κ1) is 18.4. The third-order valence-electron chi connectivity index (χ3n) is 4.25. The van der Waals surface area contributed by atoms with Crippen molar-refractivity contribution in [1.82, 2.24) is 10.2 Å². The molecule has 132 valence electrons. The first-order valence-corrected chi connectivity index (χ1v) is 8.52. The molecule has 2 N–H and O–H groups in total. The number of benzene rings is 1. The summed E-state index contributed by atoms with van der Waals surface area (Å²) in [5.41, 5.74) is 3.28. The van der Waals surface area contributed by atoms with Gasteiger partial charge in [0.15, 0.2) is 0 Å². The molecule has 0 spiro atoms. The zero-order chi connectivity index (χ0) is 17.7. The van der Waals surface area contributed by atoms with Crippen LogP contribution in [0.25, 0.3) is 0 Å². The van der Waals surface area contributed by atoms with Gasteiger partial charge in [0.25, 0.3) is 0 Å². The van der Waals surface area contributed by atoms with Gasteiger partial charge in [0.2, 0.25) is 5.91 Å². The molecule has 7 heteroatoms. The number of nitrogens with one attached hydrogen (secondary N) is 1. The Balaban J connectivity index is 2.08. The number of carbonyl (C=O) groups excluding carboxylic acids is 1. The number of rotatable bonds is 5. The Morgan fingerprint density at radius 2 is 1.92 bits per heavy atom. The largest absolute Gasteiger partial charge is 0.465 e. The molecule has 0 atom stereocenters. The van der Waals surface area contributed by atoms with Crippen molar-refractivity contribution >= 4 is 29.3 Å². The summed E-state index contributed by atoms with van der Waals surface area (Å²) in [6.07, 6.45) is 0.822. The van der Waals surface area contributed by atoms with Crippen LogP contribution >= 0.6 is 11.6 Å². The van der Waals surface area contributed by atoms with Crippen molar-refractivity contribution in [3.05, 3.63) is 28.3 Å². The molecule has 1 aromatic rings. The van der Waals surface area contributed by atoms with Crippen LogP contribution in [0.5, 0.6) is 0 Å². The van der Waals surface area contributed by atoms with Crippen LogP contribution < -0.4 is 10.2 Å². The van der Waals surface area contributed by atoms with Gasteiger partial charge >= 0.3 is 6.09 Å². The van der Waals surface area contributed by atoms with E-state index in [2.05, 4.69) is 16.3 Å². The average molecular weight is 354 g/mol. The summed E-state index contributed by atoms with van der Waals surface area (Å²) in [6, 6.07) is 4.07. The van der Waals surface area contributed by atoms with Crippen LogP contribution in [-0.4, -0.2) is 54.7 Å². The SMILES string of the molecule is CC(=O)NCCCc1cc(C)c(Cl)cc1N1CCN(C(=O)O)CC1. The van der Waals surface area contributed by atoms with E-state index < -0.39 is 6.09 Å². The third kappa shape index (κ3) is 4.77. The molecule has 1 aliphatic rings. The molecule has 0 aromatic heterocycles. The Hall–Kier alpha value is -1.95. The fourth-order valence-electron chi connectivity index (χ4n) is 2.91. The highest BCUT2D eigenvalue weighted by Gasteiger charge is 2.22. The van der Waals surface area contributed by atoms with Gasteiger partial charge < -0.3 is 20.2 Å². The molecule has 1 heterocycles. The van der Waals surface area contributed by atoms with Gasteiger partial charge in [0.05, 0.1) is 0 Å². The monoisotopic (exact) mass is 353 g/mol. The van der Waals surface area contributed by atoms with Gasteiger partial charge in [-0.2, -0.15) is 0 Å². The van der Waals surface area contributed by atoms with Crippen molar-refractivity contribution in [2.45, 2.75) is 26.7 Å². The molecule has 1 aliphatic heterocycles. The molecule has 24 heavy (non-hydrogen) atoms. The van der Waals surface area contributed by atoms with Crippen molar-refractivity contribution in [2.75, 3.05) is 37.6 Å². The molecule has 6 nitrogen and oxygen atoms in total. The van der Waals surface area contributed by atoms with E-state index in [9.17, 15) is 9.59 Å². The molecule has 1 fully saturated rings. The van der Waals surface area contributed by atoms with Crippen LogP contribution in [-0.2, 0) is 11.2 Å². The number of anilines is 1. The average Bonchev–Trinajstić information content (AvgIpc) is 2.54. The first-order valence-electron chi connectivity index (χ1n) is 8.14. The molecule has 2 rings (SSSR count). The summed E-state index contributed by atoms with van der Waals surface area (Å²) < 4.78 is 0. The highest BCUT2D eigenvalue weighted by molar-refractivity contribution is 6.31. The van der Waals surface area contributed by atoms with E-state index >= 15 is 0 Å². The molecule has 1 aromatic carbocycles. The second kappa shape index (κ2) is 8.24. The smallest absolute Gasteiger partial charge is 0.407 e. The third-order valence-corrected chi connectivity index (χ3v) is 4.65. The van der Waals surface area contributed by atoms with Gasteiger partial charge in [-0.05, 0) is 37.0 Å². The van der Waals surface area contributed by atoms with Gasteiger partial charge in [-0.15, -0.1) is 0 Å². The molecule has 2 amide bonds. The maximum absolute atomic E-state index is 11.0. The van der Waals surface area contributed by atoms with Crippen molar-refractivity contribution in [2.24, 2.45) is 0 Å². The number of carbonyl (C=O) groups is 2. The topological polar surface area (TPSA) is 72.9 Å². The first-order chi connectivity index (χ1) is 11.4. The van der Waals surface area contributed by atoms with Crippen LogP contribution in [0.1, 0.15) is 24.5 Å². The Kier molecular flexibility index (Phi) is 6.31. The minimum atomic E-state index is -0.868. The highest BCUT2D eigenvalue weighted by Crippen LogP contribution is 2.29. The Bertz CT molecular complexity index is 613.